The van der Waals surface area contributed by atoms with Crippen LogP contribution in [0.2, 0.25) is 0 Å². The van der Waals surface area contributed by atoms with E-state index in [0.717, 1.165) is 39.1 Å². The Hall–Kier alpha value is -3.73. The Labute approximate surface area is 187 Å². The monoisotopic (exact) mass is 427 g/mol. The Bertz CT molecular complexity index is 1260. The number of hydrogen-bond acceptors (Lipinski definition) is 4. The lowest BCUT2D eigenvalue weighted by Gasteiger charge is -2.21. The highest BCUT2D eigenvalue weighted by Gasteiger charge is 2.43. The quantitative estimate of drug-likeness (QED) is 0.595. The van der Waals surface area contributed by atoms with Gasteiger partial charge >= 0.3 is 0 Å². The second kappa shape index (κ2) is 7.75. The van der Waals surface area contributed by atoms with Gasteiger partial charge in [-0.1, -0.05) is 48.0 Å². The van der Waals surface area contributed by atoms with E-state index in [1.54, 1.807) is 21.3 Å². The number of allylic oxidation sites excluding steroid dienone is 1. The molecule has 0 saturated carbocycles. The minimum absolute atomic E-state index is 0.0242. The zero-order chi connectivity index (χ0) is 22.4. The van der Waals surface area contributed by atoms with Crippen LogP contribution in [0.3, 0.4) is 0 Å². The van der Waals surface area contributed by atoms with Gasteiger partial charge in [0.1, 0.15) is 5.75 Å². The number of amides is 1. The van der Waals surface area contributed by atoms with Crippen molar-refractivity contribution in [3.8, 4) is 17.2 Å². The summed E-state index contributed by atoms with van der Waals surface area (Å²) in [6.45, 7) is 2.10. The third-order valence-corrected chi connectivity index (χ3v) is 6.57. The Morgan fingerprint density at radius 2 is 1.41 bits per heavy atom. The summed E-state index contributed by atoms with van der Waals surface area (Å²) in [6, 6.07) is 19.9. The maximum absolute atomic E-state index is 13.2. The first kappa shape index (κ1) is 20.2. The van der Waals surface area contributed by atoms with Gasteiger partial charge in [-0.2, -0.15) is 0 Å². The van der Waals surface area contributed by atoms with Crippen molar-refractivity contribution in [2.24, 2.45) is 0 Å². The van der Waals surface area contributed by atoms with E-state index in [1.165, 1.54) is 0 Å². The zero-order valence-corrected chi connectivity index (χ0v) is 18.6. The molecule has 5 rings (SSSR count). The molecule has 1 aliphatic heterocycles. The van der Waals surface area contributed by atoms with Crippen LogP contribution in [0.5, 0.6) is 17.2 Å². The van der Waals surface area contributed by atoms with Crippen LogP contribution in [-0.2, 0) is 4.79 Å². The lowest BCUT2D eigenvalue weighted by Crippen LogP contribution is -2.19. The van der Waals surface area contributed by atoms with Crippen molar-refractivity contribution < 1.29 is 19.0 Å². The van der Waals surface area contributed by atoms with Crippen LogP contribution in [0, 0.1) is 0 Å². The summed E-state index contributed by atoms with van der Waals surface area (Å²) < 4.78 is 17.1. The molecule has 0 fully saturated rings. The van der Waals surface area contributed by atoms with E-state index in [0.29, 0.717) is 17.2 Å². The molecule has 2 atom stereocenters. The molecule has 0 radical (unpaired) electrons. The van der Waals surface area contributed by atoms with Crippen LogP contribution in [0.15, 0.2) is 66.2 Å². The number of methoxy groups -OCH3 is 3. The SMILES string of the molecule is COc1ccc(OC)c(C2=C(C)C(C3C(=O)Nc4ccccc43)c3ccccc32)c1OC. The maximum atomic E-state index is 13.2. The number of rotatable bonds is 5. The molecule has 1 heterocycles. The van der Waals surface area contributed by atoms with Crippen LogP contribution in [0.4, 0.5) is 5.69 Å². The molecule has 3 aromatic rings. The van der Waals surface area contributed by atoms with Gasteiger partial charge in [-0.25, -0.2) is 0 Å². The first-order valence-electron chi connectivity index (χ1n) is 10.6. The highest BCUT2D eigenvalue weighted by molar-refractivity contribution is 6.05. The van der Waals surface area contributed by atoms with Gasteiger partial charge in [0.05, 0.1) is 32.8 Å². The number of ether oxygens (including phenoxy) is 3. The van der Waals surface area contributed by atoms with Gasteiger partial charge in [-0.15, -0.1) is 0 Å². The lowest BCUT2D eigenvalue weighted by atomic mass is 9.80. The first-order chi connectivity index (χ1) is 15.6. The van der Waals surface area contributed by atoms with Gasteiger partial charge in [-0.3, -0.25) is 4.79 Å². The van der Waals surface area contributed by atoms with Crippen molar-refractivity contribution >= 4 is 17.2 Å². The molecule has 32 heavy (non-hydrogen) atoms. The fourth-order valence-electron chi connectivity index (χ4n) is 5.24. The molecule has 162 valence electrons. The zero-order valence-electron chi connectivity index (χ0n) is 18.6. The van der Waals surface area contributed by atoms with Crippen molar-refractivity contribution in [2.45, 2.75) is 18.8 Å². The maximum Gasteiger partial charge on any atom is 0.232 e. The molecule has 5 heteroatoms. The van der Waals surface area contributed by atoms with Crippen LogP contribution >= 0.6 is 0 Å². The second-order valence-corrected chi connectivity index (χ2v) is 8.06. The highest BCUT2D eigenvalue weighted by Crippen LogP contribution is 2.56. The van der Waals surface area contributed by atoms with E-state index in [4.69, 9.17) is 14.2 Å². The summed E-state index contributed by atoms with van der Waals surface area (Å²) in [6.07, 6.45) is 0. The minimum Gasteiger partial charge on any atom is -0.496 e. The Morgan fingerprint density at radius 1 is 0.750 bits per heavy atom. The van der Waals surface area contributed by atoms with Gasteiger partial charge in [0.25, 0.3) is 0 Å². The fraction of sp³-hybridized carbons (Fsp3) is 0.222. The number of nitrogens with one attached hydrogen (secondary N) is 1. The largest absolute Gasteiger partial charge is 0.496 e. The molecular weight excluding hydrogens is 402 g/mol. The summed E-state index contributed by atoms with van der Waals surface area (Å²) >= 11 is 0. The highest BCUT2D eigenvalue weighted by atomic mass is 16.5. The lowest BCUT2D eigenvalue weighted by molar-refractivity contribution is -0.117. The summed E-state index contributed by atoms with van der Waals surface area (Å²) in [5.41, 5.74) is 7.10. The predicted octanol–water partition coefficient (Wildman–Crippen LogP) is 5.37. The Kier molecular flexibility index (Phi) is 4.89. The van der Waals surface area contributed by atoms with Crippen molar-refractivity contribution in [3.63, 3.8) is 0 Å². The van der Waals surface area contributed by atoms with E-state index in [-0.39, 0.29) is 17.7 Å². The second-order valence-electron chi connectivity index (χ2n) is 8.06. The van der Waals surface area contributed by atoms with E-state index in [9.17, 15) is 4.79 Å². The Morgan fingerprint density at radius 3 is 2.12 bits per heavy atom. The van der Waals surface area contributed by atoms with E-state index < -0.39 is 0 Å². The average Bonchev–Trinajstić information content (AvgIpc) is 3.29. The molecule has 2 aliphatic rings. The standard InChI is InChI=1S/C27H25NO4/c1-15-22(24-18-11-7-8-12-19(18)28-27(24)29)16-9-5-6-10-17(16)23(15)25-20(30-2)13-14-21(31-3)26(25)32-4/h5-14,22,24H,1-4H3,(H,28,29). The van der Waals surface area contributed by atoms with Gasteiger partial charge in [0.2, 0.25) is 5.91 Å². The predicted molar refractivity (Wildman–Crippen MR) is 125 cm³/mol. The number of carbonyl (C=O) groups excluding carboxylic acids is 1. The molecule has 0 spiro atoms. The molecule has 1 amide bonds. The third-order valence-electron chi connectivity index (χ3n) is 6.57. The van der Waals surface area contributed by atoms with Crippen molar-refractivity contribution in [3.05, 3.63) is 88.5 Å². The molecular formula is C27H25NO4. The summed E-state index contributed by atoms with van der Waals surface area (Å²) in [5.74, 6) is 1.58. The molecule has 5 nitrogen and oxygen atoms in total. The fourth-order valence-corrected chi connectivity index (χ4v) is 5.24. The van der Waals surface area contributed by atoms with Gasteiger partial charge in [-0.05, 0) is 47.4 Å². The Balaban J connectivity index is 1.79. The number of anilines is 1. The number of para-hydroxylation sites is 1. The molecule has 0 saturated heterocycles. The first-order valence-corrected chi connectivity index (χ1v) is 10.6. The van der Waals surface area contributed by atoms with E-state index in [2.05, 4.69) is 24.4 Å². The average molecular weight is 428 g/mol. The minimum atomic E-state index is -0.299. The summed E-state index contributed by atoms with van der Waals surface area (Å²) in [5, 5.41) is 3.06. The molecule has 1 N–H and O–H groups in total. The molecule has 2 unspecified atom stereocenters. The van der Waals surface area contributed by atoms with E-state index >= 15 is 0 Å². The van der Waals surface area contributed by atoms with E-state index in [1.807, 2.05) is 48.5 Å². The summed E-state index contributed by atoms with van der Waals surface area (Å²) in [4.78, 5) is 13.2. The third kappa shape index (κ3) is 2.81. The van der Waals surface area contributed by atoms with Crippen LogP contribution < -0.4 is 19.5 Å². The van der Waals surface area contributed by atoms with Crippen molar-refractivity contribution in [1.82, 2.24) is 0 Å². The van der Waals surface area contributed by atoms with Crippen LogP contribution in [0.1, 0.15) is 41.0 Å². The molecule has 0 bridgehead atoms. The van der Waals surface area contributed by atoms with Crippen molar-refractivity contribution in [2.75, 3.05) is 26.6 Å². The van der Waals surface area contributed by atoms with Gasteiger partial charge < -0.3 is 19.5 Å². The van der Waals surface area contributed by atoms with Crippen LogP contribution in [0.25, 0.3) is 5.57 Å². The summed E-state index contributed by atoms with van der Waals surface area (Å²) in [7, 11) is 4.91. The molecule has 3 aromatic carbocycles. The number of hydrogen-bond donors (Lipinski definition) is 1. The smallest absolute Gasteiger partial charge is 0.232 e. The molecule has 0 aromatic heterocycles. The van der Waals surface area contributed by atoms with Gasteiger partial charge in [0, 0.05) is 11.6 Å². The molecule has 1 aliphatic carbocycles. The van der Waals surface area contributed by atoms with Crippen LogP contribution in [-0.4, -0.2) is 27.2 Å². The van der Waals surface area contributed by atoms with Crippen molar-refractivity contribution in [1.29, 1.82) is 0 Å². The number of carbonyl (C=O) groups is 1. The van der Waals surface area contributed by atoms with Gasteiger partial charge in [0.15, 0.2) is 11.5 Å². The normalized spacial score (nSPS) is 18.8. The number of benzene rings is 3. The topological polar surface area (TPSA) is 56.8 Å². The number of fused-ring (bicyclic) bond motifs is 2.